The van der Waals surface area contributed by atoms with Crippen LogP contribution in [0.25, 0.3) is 0 Å². The molecular formula is C17H14FN3O2. The molecule has 0 fully saturated rings. The van der Waals surface area contributed by atoms with Gasteiger partial charge in [0.25, 0.3) is 5.67 Å². The number of nitrogens with zero attached hydrogens (tertiary/aromatic N) is 3. The molecule has 0 aliphatic carbocycles. The minimum atomic E-state index is -2.97. The molecule has 0 heterocycles. The highest BCUT2D eigenvalue weighted by Crippen LogP contribution is 2.32. The van der Waals surface area contributed by atoms with E-state index in [1.807, 2.05) is 0 Å². The Morgan fingerprint density at radius 3 is 2.17 bits per heavy atom. The van der Waals surface area contributed by atoms with Crippen LogP contribution in [0.15, 0.2) is 65.9 Å². The molecule has 0 spiro atoms. The molecule has 2 aromatic carbocycles. The molecule has 23 heavy (non-hydrogen) atoms. The van der Waals surface area contributed by atoms with Crippen LogP contribution in [-0.4, -0.2) is 10.9 Å². The maximum Gasteiger partial charge on any atom is 0.303 e. The highest BCUT2D eigenvalue weighted by molar-refractivity contribution is 5.89. The van der Waals surface area contributed by atoms with E-state index in [1.54, 1.807) is 36.4 Å². The molecule has 2 atom stereocenters. The average molecular weight is 311 g/mol. The van der Waals surface area contributed by atoms with E-state index < -0.39 is 17.6 Å². The van der Waals surface area contributed by atoms with Crippen LogP contribution in [0.5, 0.6) is 0 Å². The van der Waals surface area contributed by atoms with Gasteiger partial charge in [-0.1, -0.05) is 60.7 Å². The lowest BCUT2D eigenvalue weighted by molar-refractivity contribution is -0.143. The quantitative estimate of drug-likeness (QED) is 0.625. The van der Waals surface area contributed by atoms with Crippen molar-refractivity contribution in [1.82, 2.24) is 5.01 Å². The first-order valence-corrected chi connectivity index (χ1v) is 6.92. The molecule has 5 nitrogen and oxygen atoms in total. The smallest absolute Gasteiger partial charge is 0.267 e. The normalized spacial score (nSPS) is 14.1. The zero-order chi connectivity index (χ0) is 16.9. The van der Waals surface area contributed by atoms with Gasteiger partial charge in [0.05, 0.1) is 11.3 Å². The van der Waals surface area contributed by atoms with E-state index in [0.29, 0.717) is 10.6 Å². The van der Waals surface area contributed by atoms with E-state index in [0.717, 1.165) is 0 Å². The fourth-order valence-electron chi connectivity index (χ4n) is 2.22. The molecule has 0 N–H and O–H groups in total. The minimum Gasteiger partial charge on any atom is -0.267 e. The summed E-state index contributed by atoms with van der Waals surface area (Å²) in [5.74, 6) is -1.31. The van der Waals surface area contributed by atoms with Gasteiger partial charge >= 0.3 is 5.91 Å². The lowest BCUT2D eigenvalue weighted by Gasteiger charge is -2.26. The monoisotopic (exact) mass is 311 g/mol. The van der Waals surface area contributed by atoms with Gasteiger partial charge in [0.1, 0.15) is 6.07 Å². The number of carbonyl (C=O) groups excluding carboxylic acids is 1. The Hall–Kier alpha value is -3.07. The summed E-state index contributed by atoms with van der Waals surface area (Å²) in [6, 6.07) is 16.4. The predicted molar refractivity (Wildman–Crippen MR) is 82.3 cm³/mol. The number of hydrogen-bond acceptors (Lipinski definition) is 4. The van der Waals surface area contributed by atoms with Crippen LogP contribution in [0.1, 0.15) is 24.1 Å². The third-order valence-corrected chi connectivity index (χ3v) is 3.57. The van der Waals surface area contributed by atoms with E-state index in [-0.39, 0.29) is 5.56 Å². The SMILES string of the molecule is C[C@H](c1ccccc1)N(N=O)C(=O)[C@@](F)(C#N)c1ccccc1. The van der Waals surface area contributed by atoms with Gasteiger partial charge in [0.15, 0.2) is 0 Å². The van der Waals surface area contributed by atoms with Gasteiger partial charge in [-0.3, -0.25) is 4.79 Å². The number of halogens is 1. The lowest BCUT2D eigenvalue weighted by Crippen LogP contribution is -2.42. The van der Waals surface area contributed by atoms with E-state index >= 15 is 4.39 Å². The summed E-state index contributed by atoms with van der Waals surface area (Å²) in [5.41, 5.74) is -2.51. The summed E-state index contributed by atoms with van der Waals surface area (Å²) in [6.07, 6.45) is 0. The van der Waals surface area contributed by atoms with Crippen LogP contribution >= 0.6 is 0 Å². The zero-order valence-electron chi connectivity index (χ0n) is 12.4. The second-order valence-corrected chi connectivity index (χ2v) is 4.95. The molecule has 0 bridgehead atoms. The third kappa shape index (κ3) is 3.09. The Morgan fingerprint density at radius 1 is 1.17 bits per heavy atom. The van der Waals surface area contributed by atoms with Crippen molar-refractivity contribution in [2.75, 3.05) is 0 Å². The molecule has 0 saturated heterocycles. The Kier molecular flexibility index (Phi) is 4.82. The molecule has 2 aromatic rings. The third-order valence-electron chi connectivity index (χ3n) is 3.57. The van der Waals surface area contributed by atoms with Crippen molar-refractivity contribution in [1.29, 1.82) is 5.26 Å². The maximum atomic E-state index is 15.0. The summed E-state index contributed by atoms with van der Waals surface area (Å²) in [6.45, 7) is 1.54. The fraction of sp³-hybridized carbons (Fsp3) is 0.176. The van der Waals surface area contributed by atoms with Crippen LogP contribution in [0.2, 0.25) is 0 Å². The second-order valence-electron chi connectivity index (χ2n) is 4.95. The van der Waals surface area contributed by atoms with Gasteiger partial charge in [0.2, 0.25) is 0 Å². The Labute approximate surface area is 132 Å². The lowest BCUT2D eigenvalue weighted by atomic mass is 9.95. The Morgan fingerprint density at radius 2 is 1.70 bits per heavy atom. The van der Waals surface area contributed by atoms with Crippen molar-refractivity contribution in [3.05, 3.63) is 76.7 Å². The van der Waals surface area contributed by atoms with Crippen LogP contribution in [0, 0.1) is 16.2 Å². The van der Waals surface area contributed by atoms with E-state index in [9.17, 15) is 15.0 Å². The van der Waals surface area contributed by atoms with Gasteiger partial charge in [-0.05, 0) is 12.5 Å². The van der Waals surface area contributed by atoms with Crippen molar-refractivity contribution >= 4 is 5.91 Å². The van der Waals surface area contributed by atoms with Crippen molar-refractivity contribution < 1.29 is 9.18 Å². The number of alkyl halides is 1. The van der Waals surface area contributed by atoms with Crippen LogP contribution in [-0.2, 0) is 10.5 Å². The van der Waals surface area contributed by atoms with Crippen molar-refractivity contribution in [2.45, 2.75) is 18.6 Å². The zero-order valence-corrected chi connectivity index (χ0v) is 12.4. The summed E-state index contributed by atoms with van der Waals surface area (Å²) in [7, 11) is 0. The molecule has 0 aromatic heterocycles. The number of hydrogen-bond donors (Lipinski definition) is 0. The molecular weight excluding hydrogens is 297 g/mol. The Bertz CT molecular complexity index is 731. The molecule has 2 rings (SSSR count). The van der Waals surface area contributed by atoms with E-state index in [2.05, 4.69) is 5.29 Å². The van der Waals surface area contributed by atoms with Crippen molar-refractivity contribution in [3.8, 4) is 6.07 Å². The topological polar surface area (TPSA) is 73.5 Å². The summed E-state index contributed by atoms with van der Waals surface area (Å²) in [4.78, 5) is 23.6. The Balaban J connectivity index is 2.39. The highest BCUT2D eigenvalue weighted by atomic mass is 19.1. The van der Waals surface area contributed by atoms with Crippen molar-refractivity contribution in [2.24, 2.45) is 5.29 Å². The molecule has 116 valence electrons. The van der Waals surface area contributed by atoms with Crippen LogP contribution in [0.4, 0.5) is 4.39 Å². The summed E-state index contributed by atoms with van der Waals surface area (Å²) >= 11 is 0. The molecule has 0 aliphatic rings. The first kappa shape index (κ1) is 16.3. The number of rotatable bonds is 5. The summed E-state index contributed by atoms with van der Waals surface area (Å²) in [5, 5.41) is 12.3. The number of nitriles is 1. The predicted octanol–water partition coefficient (Wildman–Crippen LogP) is 3.65. The number of benzene rings is 2. The fourth-order valence-corrected chi connectivity index (χ4v) is 2.22. The van der Waals surface area contributed by atoms with Crippen molar-refractivity contribution in [3.63, 3.8) is 0 Å². The molecule has 6 heteroatoms. The molecule has 1 amide bonds. The highest BCUT2D eigenvalue weighted by Gasteiger charge is 2.46. The molecule has 0 aliphatic heterocycles. The molecule has 0 unspecified atom stereocenters. The van der Waals surface area contributed by atoms with Crippen LogP contribution in [0.3, 0.4) is 0 Å². The summed E-state index contributed by atoms with van der Waals surface area (Å²) < 4.78 is 15.0. The van der Waals surface area contributed by atoms with Gasteiger partial charge < -0.3 is 0 Å². The van der Waals surface area contributed by atoms with Gasteiger partial charge in [-0.2, -0.15) is 10.3 Å². The number of amides is 1. The van der Waals surface area contributed by atoms with Gasteiger partial charge in [-0.15, -0.1) is 4.91 Å². The number of carbonyl (C=O) groups is 1. The average Bonchev–Trinajstić information content (AvgIpc) is 2.62. The first-order chi connectivity index (χ1) is 11.0. The van der Waals surface area contributed by atoms with Gasteiger partial charge in [0, 0.05) is 5.56 Å². The first-order valence-electron chi connectivity index (χ1n) is 6.92. The van der Waals surface area contributed by atoms with E-state index in [1.165, 1.54) is 37.3 Å². The second kappa shape index (κ2) is 6.79. The maximum absolute atomic E-state index is 15.0. The molecule has 0 saturated carbocycles. The largest absolute Gasteiger partial charge is 0.303 e. The van der Waals surface area contributed by atoms with Gasteiger partial charge in [-0.25, -0.2) is 4.39 Å². The number of nitroso groups, excluding NO2 is 1. The van der Waals surface area contributed by atoms with E-state index in [4.69, 9.17) is 0 Å². The molecule has 0 radical (unpaired) electrons. The minimum absolute atomic E-state index is 0.138. The van der Waals surface area contributed by atoms with Crippen LogP contribution < -0.4 is 0 Å². The standard InChI is InChI=1S/C17H14FN3O2/c1-13(14-8-4-2-5-9-14)21(20-23)16(22)17(18,12-19)15-10-6-3-7-11-15/h2-11,13H,1H3/t13-,17-/m1/s1.